The average molecular weight is 412 g/mol. The van der Waals surface area contributed by atoms with E-state index in [-0.39, 0.29) is 18.3 Å². The van der Waals surface area contributed by atoms with Gasteiger partial charge in [0.15, 0.2) is 6.61 Å². The number of thiazole rings is 1. The summed E-state index contributed by atoms with van der Waals surface area (Å²) in [5.74, 6) is -1.29. The van der Waals surface area contributed by atoms with Gasteiger partial charge < -0.3 is 10.1 Å². The minimum absolute atomic E-state index is 0.331. The molecule has 1 aromatic heterocycles. The van der Waals surface area contributed by atoms with Crippen molar-refractivity contribution in [2.75, 3.05) is 13.2 Å². The van der Waals surface area contributed by atoms with Gasteiger partial charge in [0.05, 0.1) is 5.69 Å². The zero-order valence-corrected chi connectivity index (χ0v) is 17.0. The molecular formula is C22H21FN2O3S. The van der Waals surface area contributed by atoms with Gasteiger partial charge in [-0.3, -0.25) is 4.79 Å². The Labute approximate surface area is 172 Å². The van der Waals surface area contributed by atoms with Crippen molar-refractivity contribution in [3.8, 4) is 10.6 Å². The number of esters is 1. The van der Waals surface area contributed by atoms with Crippen LogP contribution in [0.25, 0.3) is 10.6 Å². The van der Waals surface area contributed by atoms with Crippen LogP contribution in [0.2, 0.25) is 0 Å². The van der Waals surface area contributed by atoms with Gasteiger partial charge in [0, 0.05) is 12.1 Å². The molecule has 5 nitrogen and oxygen atoms in total. The van der Waals surface area contributed by atoms with Crippen LogP contribution in [0, 0.1) is 19.7 Å². The number of ether oxygens (including phenoxy) is 1. The lowest BCUT2D eigenvalue weighted by Gasteiger charge is -2.08. The van der Waals surface area contributed by atoms with Crippen molar-refractivity contribution < 1.29 is 18.7 Å². The highest BCUT2D eigenvalue weighted by molar-refractivity contribution is 7.17. The normalized spacial score (nSPS) is 10.6. The lowest BCUT2D eigenvalue weighted by molar-refractivity contribution is -0.124. The fraction of sp³-hybridized carbons (Fsp3) is 0.227. The van der Waals surface area contributed by atoms with Gasteiger partial charge in [-0.1, -0.05) is 24.3 Å². The van der Waals surface area contributed by atoms with Crippen LogP contribution in [-0.4, -0.2) is 30.0 Å². The molecule has 0 bridgehead atoms. The summed E-state index contributed by atoms with van der Waals surface area (Å²) in [7, 11) is 0. The topological polar surface area (TPSA) is 68.3 Å². The summed E-state index contributed by atoms with van der Waals surface area (Å²) >= 11 is 1.16. The predicted octanol–water partition coefficient (Wildman–Crippen LogP) is 4.08. The molecule has 1 N–H and O–H groups in total. The number of carbonyl (C=O) groups is 2. The molecule has 7 heteroatoms. The van der Waals surface area contributed by atoms with Crippen molar-refractivity contribution in [2.24, 2.45) is 0 Å². The summed E-state index contributed by atoms with van der Waals surface area (Å²) in [6, 6.07) is 13.9. The number of nitrogens with one attached hydrogen (secondary N) is 1. The molecule has 0 saturated carbocycles. The summed E-state index contributed by atoms with van der Waals surface area (Å²) in [5, 5.41) is 3.35. The van der Waals surface area contributed by atoms with E-state index in [2.05, 4.69) is 10.3 Å². The Bertz CT molecular complexity index is 1020. The number of carbonyl (C=O) groups excluding carboxylic acids is 2. The van der Waals surface area contributed by atoms with Crippen LogP contribution in [0.5, 0.6) is 0 Å². The molecule has 0 aliphatic rings. The molecule has 29 heavy (non-hydrogen) atoms. The van der Waals surface area contributed by atoms with Crippen LogP contribution in [0.1, 0.15) is 26.5 Å². The van der Waals surface area contributed by atoms with E-state index >= 15 is 0 Å². The number of aryl methyl sites for hydroxylation is 2. The average Bonchev–Trinajstić information content (AvgIpc) is 3.10. The molecule has 150 valence electrons. The van der Waals surface area contributed by atoms with Crippen molar-refractivity contribution in [2.45, 2.75) is 20.3 Å². The number of aromatic nitrogens is 1. The third-order valence-electron chi connectivity index (χ3n) is 4.39. The van der Waals surface area contributed by atoms with E-state index in [4.69, 9.17) is 4.74 Å². The molecule has 0 fully saturated rings. The molecule has 0 aliphatic carbocycles. The molecule has 0 atom stereocenters. The van der Waals surface area contributed by atoms with Crippen molar-refractivity contribution in [3.63, 3.8) is 0 Å². The third kappa shape index (κ3) is 5.48. The van der Waals surface area contributed by atoms with E-state index in [0.717, 1.165) is 11.3 Å². The first kappa shape index (κ1) is 20.7. The zero-order chi connectivity index (χ0) is 20.8. The van der Waals surface area contributed by atoms with Crippen LogP contribution in [0.15, 0.2) is 48.5 Å². The van der Waals surface area contributed by atoms with E-state index in [1.54, 1.807) is 19.1 Å². The fourth-order valence-corrected chi connectivity index (χ4v) is 3.74. The first-order valence-corrected chi connectivity index (χ1v) is 9.97. The van der Waals surface area contributed by atoms with Crippen molar-refractivity contribution in [3.05, 3.63) is 76.0 Å². The van der Waals surface area contributed by atoms with Crippen LogP contribution >= 0.6 is 11.3 Å². The Morgan fingerprint density at radius 2 is 1.83 bits per heavy atom. The first-order valence-electron chi connectivity index (χ1n) is 9.15. The molecule has 1 heterocycles. The van der Waals surface area contributed by atoms with Crippen LogP contribution < -0.4 is 5.32 Å². The maximum absolute atomic E-state index is 13.1. The minimum atomic E-state index is -0.595. The fourth-order valence-electron chi connectivity index (χ4n) is 2.78. The van der Waals surface area contributed by atoms with Crippen LogP contribution in [0.4, 0.5) is 4.39 Å². The van der Waals surface area contributed by atoms with E-state index in [1.807, 2.05) is 31.2 Å². The molecule has 0 radical (unpaired) electrons. The number of halogens is 1. The van der Waals surface area contributed by atoms with Gasteiger partial charge in [0.1, 0.15) is 15.7 Å². The molecule has 3 aromatic rings. The Morgan fingerprint density at radius 3 is 2.55 bits per heavy atom. The number of nitrogens with zero attached hydrogens (tertiary/aromatic N) is 1. The van der Waals surface area contributed by atoms with Crippen LogP contribution in [-0.2, 0) is 16.0 Å². The summed E-state index contributed by atoms with van der Waals surface area (Å²) in [6.07, 6.45) is 0.710. The molecule has 0 saturated heterocycles. The second-order valence-electron chi connectivity index (χ2n) is 6.54. The van der Waals surface area contributed by atoms with Crippen molar-refractivity contribution in [1.82, 2.24) is 10.3 Å². The predicted molar refractivity (Wildman–Crippen MR) is 110 cm³/mol. The second-order valence-corrected chi connectivity index (χ2v) is 7.54. The minimum Gasteiger partial charge on any atom is -0.451 e. The smallest absolute Gasteiger partial charge is 0.350 e. The number of hydrogen-bond donors (Lipinski definition) is 1. The third-order valence-corrected chi connectivity index (χ3v) is 5.57. The highest BCUT2D eigenvalue weighted by atomic mass is 32.1. The molecule has 3 rings (SSSR count). The highest BCUT2D eigenvalue weighted by Gasteiger charge is 2.18. The van der Waals surface area contributed by atoms with Gasteiger partial charge >= 0.3 is 5.97 Å². The summed E-state index contributed by atoms with van der Waals surface area (Å²) in [5.41, 5.74) is 3.57. The zero-order valence-electron chi connectivity index (χ0n) is 16.2. The van der Waals surface area contributed by atoms with Crippen molar-refractivity contribution in [1.29, 1.82) is 0 Å². The lowest BCUT2D eigenvalue weighted by atomic mass is 10.1. The number of benzene rings is 2. The number of hydrogen-bond acceptors (Lipinski definition) is 5. The Kier molecular flexibility index (Phi) is 6.72. The van der Waals surface area contributed by atoms with Crippen molar-refractivity contribution >= 4 is 23.2 Å². The molecule has 0 spiro atoms. The van der Waals surface area contributed by atoms with Gasteiger partial charge in [-0.05, 0) is 55.7 Å². The van der Waals surface area contributed by atoms with Gasteiger partial charge in [-0.25, -0.2) is 14.2 Å². The standard InChI is InChI=1S/C22H21FN2O3S/c1-14-5-3-4-6-16(14)11-12-24-19(26)13-28-22(27)20-15(2)25-21(29-20)17-7-9-18(23)10-8-17/h3-10H,11-13H2,1-2H3,(H,24,26). The first-order chi connectivity index (χ1) is 13.9. The van der Waals surface area contributed by atoms with Gasteiger partial charge in [0.2, 0.25) is 0 Å². The summed E-state index contributed by atoms with van der Waals surface area (Å²) < 4.78 is 18.2. The largest absolute Gasteiger partial charge is 0.451 e. The van der Waals surface area contributed by atoms with Gasteiger partial charge in [0.25, 0.3) is 5.91 Å². The molecular weight excluding hydrogens is 391 g/mol. The Morgan fingerprint density at radius 1 is 1.10 bits per heavy atom. The van der Waals surface area contributed by atoms with Crippen LogP contribution in [0.3, 0.4) is 0 Å². The Balaban J connectivity index is 1.50. The maximum Gasteiger partial charge on any atom is 0.350 e. The lowest BCUT2D eigenvalue weighted by Crippen LogP contribution is -2.30. The molecule has 0 aliphatic heterocycles. The van der Waals surface area contributed by atoms with E-state index in [0.29, 0.717) is 34.1 Å². The maximum atomic E-state index is 13.1. The SMILES string of the molecule is Cc1ccccc1CCNC(=O)COC(=O)c1sc(-c2ccc(F)cc2)nc1C. The second kappa shape index (κ2) is 9.43. The molecule has 0 unspecified atom stereocenters. The highest BCUT2D eigenvalue weighted by Crippen LogP contribution is 2.28. The quantitative estimate of drug-likeness (QED) is 0.594. The van der Waals surface area contributed by atoms with E-state index in [1.165, 1.54) is 23.3 Å². The van der Waals surface area contributed by atoms with Gasteiger partial charge in [-0.15, -0.1) is 11.3 Å². The Hall–Kier alpha value is -3.06. The number of rotatable bonds is 7. The molecule has 1 amide bonds. The van der Waals surface area contributed by atoms with Gasteiger partial charge in [-0.2, -0.15) is 0 Å². The van der Waals surface area contributed by atoms with E-state index in [9.17, 15) is 14.0 Å². The van der Waals surface area contributed by atoms with E-state index < -0.39 is 5.97 Å². The number of amides is 1. The molecule has 2 aromatic carbocycles. The summed E-state index contributed by atoms with van der Waals surface area (Å²) in [4.78, 5) is 29.0. The summed E-state index contributed by atoms with van der Waals surface area (Å²) in [6.45, 7) is 3.84. The monoisotopic (exact) mass is 412 g/mol.